The molecule has 0 unspecified atom stereocenters. The zero-order valence-corrected chi connectivity index (χ0v) is 8.92. The van der Waals surface area contributed by atoms with Crippen molar-refractivity contribution in [2.75, 3.05) is 7.05 Å². The number of Topliss-reactive ketones (excluding diaryl/α,β-unsaturated/α-hetero) is 1. The molecule has 0 atom stereocenters. The molecule has 0 spiro atoms. The Morgan fingerprint density at radius 2 is 1.91 bits per heavy atom. The summed E-state index contributed by atoms with van der Waals surface area (Å²) in [5.74, 6) is 0.223. The predicted molar refractivity (Wildman–Crippen MR) is 51.3 cm³/mol. The molecule has 0 N–H and O–H groups in total. The van der Waals surface area contributed by atoms with Crippen LogP contribution >= 0.6 is 22.9 Å². The number of ketones is 1. The maximum absolute atomic E-state index is 10.9. The van der Waals surface area contributed by atoms with Crippen LogP contribution in [0.1, 0.15) is 26.2 Å². The lowest BCUT2D eigenvalue weighted by Gasteiger charge is -2.05. The first-order valence-corrected chi connectivity index (χ1v) is 4.42. The molecule has 3 nitrogen and oxygen atoms in total. The smallest absolute Gasteiger partial charge is 0.230 e. The van der Waals surface area contributed by atoms with E-state index < -0.39 is 0 Å². The van der Waals surface area contributed by atoms with E-state index in [4.69, 9.17) is 0 Å². The minimum absolute atomic E-state index is 0.0758. The summed E-state index contributed by atoms with van der Waals surface area (Å²) >= 11 is 1.92. The van der Waals surface area contributed by atoms with Gasteiger partial charge in [0, 0.05) is 19.9 Å². The molecular weight excluding hydrogens is 257 g/mol. The third-order valence-electron chi connectivity index (χ3n) is 1.26. The van der Waals surface area contributed by atoms with Gasteiger partial charge in [-0.15, -0.1) is 0 Å². The largest absolute Gasteiger partial charge is 0.300 e. The molecule has 4 heteroatoms. The molecule has 0 saturated carbocycles. The number of amides is 1. The molecule has 64 valence electrons. The monoisotopic (exact) mass is 269 g/mol. The van der Waals surface area contributed by atoms with Gasteiger partial charge in [0.15, 0.2) is 0 Å². The van der Waals surface area contributed by atoms with E-state index in [0.717, 1.165) is 0 Å². The van der Waals surface area contributed by atoms with Crippen molar-refractivity contribution in [1.82, 2.24) is 3.11 Å². The normalized spacial score (nSPS) is 9.36. The molecule has 0 aliphatic carbocycles. The summed E-state index contributed by atoms with van der Waals surface area (Å²) < 4.78 is 1.51. The molecule has 0 aromatic heterocycles. The van der Waals surface area contributed by atoms with Crippen LogP contribution in [0.5, 0.6) is 0 Å². The third-order valence-corrected chi connectivity index (χ3v) is 1.80. The van der Waals surface area contributed by atoms with Crippen LogP contribution in [-0.4, -0.2) is 21.9 Å². The summed E-state index contributed by atoms with van der Waals surface area (Å²) in [6, 6.07) is 0. The summed E-state index contributed by atoms with van der Waals surface area (Å²) in [4.78, 5) is 21.4. The fraction of sp³-hybridized carbons (Fsp3) is 0.714. The molecular formula is C7H12INO2. The number of carbonyl (C=O) groups excluding carboxylic acids is 2. The maximum atomic E-state index is 10.9. The van der Waals surface area contributed by atoms with Gasteiger partial charge in [0.2, 0.25) is 5.91 Å². The van der Waals surface area contributed by atoms with Gasteiger partial charge in [-0.05, 0) is 13.3 Å². The summed E-state index contributed by atoms with van der Waals surface area (Å²) in [5.41, 5.74) is 0. The Morgan fingerprint density at radius 3 is 2.27 bits per heavy atom. The van der Waals surface area contributed by atoms with Gasteiger partial charge < -0.3 is 4.79 Å². The summed E-state index contributed by atoms with van der Waals surface area (Å²) in [6.45, 7) is 1.54. The summed E-state index contributed by atoms with van der Waals surface area (Å²) in [7, 11) is 1.71. The van der Waals surface area contributed by atoms with Gasteiger partial charge in [0.1, 0.15) is 5.78 Å². The quantitative estimate of drug-likeness (QED) is 0.573. The van der Waals surface area contributed by atoms with E-state index in [9.17, 15) is 9.59 Å². The first kappa shape index (κ1) is 10.9. The lowest BCUT2D eigenvalue weighted by atomic mass is 10.2. The first-order chi connectivity index (χ1) is 5.04. The van der Waals surface area contributed by atoms with Crippen LogP contribution in [0.4, 0.5) is 0 Å². The minimum atomic E-state index is 0.0758. The van der Waals surface area contributed by atoms with Crippen molar-refractivity contribution in [2.24, 2.45) is 0 Å². The van der Waals surface area contributed by atoms with Crippen LogP contribution in [0.3, 0.4) is 0 Å². The van der Waals surface area contributed by atoms with Crippen LogP contribution in [0.2, 0.25) is 0 Å². The van der Waals surface area contributed by atoms with Crippen LogP contribution in [0, 0.1) is 0 Å². The molecule has 0 heterocycles. The van der Waals surface area contributed by atoms with E-state index in [1.54, 1.807) is 7.05 Å². The van der Waals surface area contributed by atoms with Gasteiger partial charge >= 0.3 is 0 Å². The Labute approximate surface area is 80.6 Å². The van der Waals surface area contributed by atoms with E-state index in [2.05, 4.69) is 0 Å². The molecule has 0 aliphatic rings. The summed E-state index contributed by atoms with van der Waals surface area (Å²) in [6.07, 6.45) is 1.65. The van der Waals surface area contributed by atoms with Crippen molar-refractivity contribution in [3.63, 3.8) is 0 Å². The van der Waals surface area contributed by atoms with Gasteiger partial charge in [0.25, 0.3) is 0 Å². The fourth-order valence-corrected chi connectivity index (χ4v) is 0.884. The van der Waals surface area contributed by atoms with Crippen molar-refractivity contribution in [3.8, 4) is 0 Å². The van der Waals surface area contributed by atoms with Crippen LogP contribution in [0.15, 0.2) is 0 Å². The second kappa shape index (κ2) is 5.51. The zero-order valence-electron chi connectivity index (χ0n) is 6.76. The number of hydrogen-bond acceptors (Lipinski definition) is 2. The molecule has 0 rings (SSSR count). The Kier molecular flexibility index (Phi) is 5.45. The minimum Gasteiger partial charge on any atom is -0.300 e. The van der Waals surface area contributed by atoms with E-state index in [1.807, 2.05) is 22.9 Å². The Hall–Kier alpha value is -0.130. The SMILES string of the molecule is CC(=O)CCCC(=O)N(C)I. The molecule has 0 aromatic carbocycles. The zero-order chi connectivity index (χ0) is 8.85. The molecule has 0 saturated heterocycles. The van der Waals surface area contributed by atoms with E-state index in [0.29, 0.717) is 19.3 Å². The fourth-order valence-electron chi connectivity index (χ4n) is 0.643. The third kappa shape index (κ3) is 6.28. The molecule has 0 aliphatic heterocycles. The number of carbonyl (C=O) groups is 2. The van der Waals surface area contributed by atoms with E-state index in [-0.39, 0.29) is 11.7 Å². The van der Waals surface area contributed by atoms with Gasteiger partial charge in [-0.1, -0.05) is 0 Å². The number of hydrogen-bond donors (Lipinski definition) is 0. The van der Waals surface area contributed by atoms with Crippen LogP contribution < -0.4 is 0 Å². The Balaban J connectivity index is 3.39. The van der Waals surface area contributed by atoms with Crippen molar-refractivity contribution >= 4 is 34.6 Å². The highest BCUT2D eigenvalue weighted by molar-refractivity contribution is 14.1. The number of halogens is 1. The topological polar surface area (TPSA) is 37.4 Å². The van der Waals surface area contributed by atoms with Crippen molar-refractivity contribution in [3.05, 3.63) is 0 Å². The van der Waals surface area contributed by atoms with Crippen molar-refractivity contribution in [2.45, 2.75) is 26.2 Å². The number of nitrogens with zero attached hydrogens (tertiary/aromatic N) is 1. The standard InChI is InChI=1S/C7H12INO2/c1-6(10)4-3-5-7(11)9(2)8/h3-5H2,1-2H3. The highest BCUT2D eigenvalue weighted by atomic mass is 127. The lowest BCUT2D eigenvalue weighted by molar-refractivity contribution is -0.124. The molecule has 0 aromatic rings. The average Bonchev–Trinajstić information content (AvgIpc) is 1.86. The summed E-state index contributed by atoms with van der Waals surface area (Å²) in [5, 5.41) is 0. The molecule has 0 bridgehead atoms. The van der Waals surface area contributed by atoms with Crippen molar-refractivity contribution in [1.29, 1.82) is 0 Å². The highest BCUT2D eigenvalue weighted by Crippen LogP contribution is 2.03. The van der Waals surface area contributed by atoms with Crippen LogP contribution in [-0.2, 0) is 9.59 Å². The van der Waals surface area contributed by atoms with E-state index in [1.165, 1.54) is 10.0 Å². The van der Waals surface area contributed by atoms with E-state index >= 15 is 0 Å². The van der Waals surface area contributed by atoms with Gasteiger partial charge in [-0.3, -0.25) is 7.91 Å². The van der Waals surface area contributed by atoms with Crippen LogP contribution in [0.25, 0.3) is 0 Å². The molecule has 0 fully saturated rings. The Bertz CT molecular complexity index is 157. The van der Waals surface area contributed by atoms with Gasteiger partial charge in [0.05, 0.1) is 22.9 Å². The van der Waals surface area contributed by atoms with Gasteiger partial charge in [-0.2, -0.15) is 0 Å². The number of rotatable bonds is 4. The first-order valence-electron chi connectivity index (χ1n) is 3.46. The highest BCUT2D eigenvalue weighted by Gasteiger charge is 2.04. The maximum Gasteiger partial charge on any atom is 0.230 e. The predicted octanol–water partition coefficient (Wildman–Crippen LogP) is 1.55. The molecule has 0 radical (unpaired) electrons. The molecule has 1 amide bonds. The lowest BCUT2D eigenvalue weighted by Crippen LogP contribution is -2.15. The second-order valence-electron chi connectivity index (χ2n) is 2.43. The van der Waals surface area contributed by atoms with Crippen molar-refractivity contribution < 1.29 is 9.59 Å². The Morgan fingerprint density at radius 1 is 1.36 bits per heavy atom. The molecule has 11 heavy (non-hydrogen) atoms. The average molecular weight is 269 g/mol. The van der Waals surface area contributed by atoms with Gasteiger partial charge in [-0.25, -0.2) is 0 Å². The second-order valence-corrected chi connectivity index (χ2v) is 3.87.